The van der Waals surface area contributed by atoms with Crippen LogP contribution in [0.25, 0.3) is 0 Å². The van der Waals surface area contributed by atoms with Crippen molar-refractivity contribution < 1.29 is 0 Å². The average molecular weight is 121 g/mol. The largest absolute Gasteiger partial charge is 0.0833 e. The van der Waals surface area contributed by atoms with Gasteiger partial charge in [0, 0.05) is 0 Å². The van der Waals surface area contributed by atoms with Gasteiger partial charge in [-0.05, 0) is 24.3 Å². The van der Waals surface area contributed by atoms with Crippen LogP contribution < -0.4 is 0 Å². The third-order valence-corrected chi connectivity index (χ3v) is 1.79. The first-order valence-corrected chi connectivity index (χ1v) is 3.55. The van der Waals surface area contributed by atoms with Crippen LogP contribution in [0.1, 0.15) is 20.3 Å². The molecule has 0 N–H and O–H groups in total. The Kier molecular flexibility index (Phi) is 2.10. The number of hydrogen-bond acceptors (Lipinski definition) is 0. The zero-order valence-corrected chi connectivity index (χ0v) is 6.09. The molecule has 0 spiro atoms. The fourth-order valence-electron chi connectivity index (χ4n) is 1.01. The summed E-state index contributed by atoms with van der Waals surface area (Å²) < 4.78 is 0. The predicted molar refractivity (Wildman–Crippen MR) is 39.9 cm³/mol. The highest BCUT2D eigenvalue weighted by molar-refractivity contribution is 5.05. The van der Waals surface area contributed by atoms with Gasteiger partial charge in [-0.3, -0.25) is 0 Å². The molecular weight excluding hydrogens is 108 g/mol. The van der Waals surface area contributed by atoms with Crippen LogP contribution in [0.4, 0.5) is 0 Å². The molecule has 49 valence electrons. The lowest BCUT2D eigenvalue weighted by molar-refractivity contribution is 0.466. The fourth-order valence-corrected chi connectivity index (χ4v) is 1.01. The Hall–Kier alpha value is -0.520. The van der Waals surface area contributed by atoms with Gasteiger partial charge in [0.25, 0.3) is 0 Å². The molecule has 0 heteroatoms. The Morgan fingerprint density at radius 3 is 2.67 bits per heavy atom. The van der Waals surface area contributed by atoms with Crippen LogP contribution in [0.15, 0.2) is 18.2 Å². The quantitative estimate of drug-likeness (QED) is 0.500. The highest BCUT2D eigenvalue weighted by atomic mass is 14.1. The molecule has 0 heterocycles. The standard InChI is InChI=1S/C9H13/c1-8(2)9-6-4-3-5-7-9/h3-4,7-9H,6H2,1-2H3. The van der Waals surface area contributed by atoms with Gasteiger partial charge in [0.2, 0.25) is 0 Å². The lowest BCUT2D eigenvalue weighted by Crippen LogP contribution is -2.05. The van der Waals surface area contributed by atoms with Crippen LogP contribution in [0.5, 0.6) is 0 Å². The van der Waals surface area contributed by atoms with Crippen LogP contribution in [0.2, 0.25) is 0 Å². The van der Waals surface area contributed by atoms with Gasteiger partial charge >= 0.3 is 0 Å². The second-order valence-electron chi connectivity index (χ2n) is 2.88. The normalized spacial score (nSPS) is 25.4. The fraction of sp³-hybridized carbons (Fsp3) is 0.556. The van der Waals surface area contributed by atoms with E-state index in [2.05, 4.69) is 32.1 Å². The summed E-state index contributed by atoms with van der Waals surface area (Å²) in [5.74, 6) is 1.50. The first-order valence-electron chi connectivity index (χ1n) is 3.55. The lowest BCUT2D eigenvalue weighted by atomic mass is 9.90. The molecule has 0 saturated carbocycles. The van der Waals surface area contributed by atoms with E-state index in [0.717, 1.165) is 11.8 Å². The zero-order valence-electron chi connectivity index (χ0n) is 6.09. The van der Waals surface area contributed by atoms with Gasteiger partial charge in [-0.1, -0.05) is 32.1 Å². The Labute approximate surface area is 57.3 Å². The third kappa shape index (κ3) is 1.70. The van der Waals surface area contributed by atoms with Gasteiger partial charge in [0.1, 0.15) is 0 Å². The van der Waals surface area contributed by atoms with Crippen LogP contribution in [-0.2, 0) is 0 Å². The van der Waals surface area contributed by atoms with Crippen LogP contribution >= 0.6 is 0 Å². The summed E-state index contributed by atoms with van der Waals surface area (Å²) in [6.07, 6.45) is 10.7. The van der Waals surface area contributed by atoms with E-state index in [-0.39, 0.29) is 0 Å². The minimum absolute atomic E-state index is 0.731. The van der Waals surface area contributed by atoms with Gasteiger partial charge in [-0.25, -0.2) is 0 Å². The van der Waals surface area contributed by atoms with Crippen LogP contribution in [-0.4, -0.2) is 0 Å². The van der Waals surface area contributed by atoms with Gasteiger partial charge in [-0.2, -0.15) is 0 Å². The van der Waals surface area contributed by atoms with E-state index in [1.807, 2.05) is 6.08 Å². The Balaban J connectivity index is 2.46. The second-order valence-corrected chi connectivity index (χ2v) is 2.88. The summed E-state index contributed by atoms with van der Waals surface area (Å²) in [5, 5.41) is 0. The van der Waals surface area contributed by atoms with Crippen molar-refractivity contribution in [3.63, 3.8) is 0 Å². The number of hydrogen-bond donors (Lipinski definition) is 0. The van der Waals surface area contributed by atoms with Crippen molar-refractivity contribution in [1.29, 1.82) is 0 Å². The van der Waals surface area contributed by atoms with Crippen LogP contribution in [0, 0.1) is 17.9 Å². The maximum atomic E-state index is 3.11. The molecule has 0 amide bonds. The minimum Gasteiger partial charge on any atom is -0.0833 e. The van der Waals surface area contributed by atoms with E-state index in [4.69, 9.17) is 0 Å². The van der Waals surface area contributed by atoms with Crippen molar-refractivity contribution in [2.24, 2.45) is 11.8 Å². The van der Waals surface area contributed by atoms with E-state index in [0.29, 0.717) is 0 Å². The molecule has 0 fully saturated rings. The average Bonchev–Trinajstić information content (AvgIpc) is 1.90. The molecule has 0 saturated heterocycles. The van der Waals surface area contributed by atoms with Crippen molar-refractivity contribution in [2.75, 3.05) is 0 Å². The monoisotopic (exact) mass is 121 g/mol. The van der Waals surface area contributed by atoms with Crippen molar-refractivity contribution >= 4 is 0 Å². The minimum atomic E-state index is 0.731. The van der Waals surface area contributed by atoms with Crippen molar-refractivity contribution in [2.45, 2.75) is 20.3 Å². The molecule has 1 unspecified atom stereocenters. The van der Waals surface area contributed by atoms with Gasteiger partial charge in [-0.15, -0.1) is 0 Å². The van der Waals surface area contributed by atoms with Crippen molar-refractivity contribution in [1.82, 2.24) is 0 Å². The zero-order chi connectivity index (χ0) is 6.69. The highest BCUT2D eigenvalue weighted by Gasteiger charge is 2.08. The highest BCUT2D eigenvalue weighted by Crippen LogP contribution is 2.19. The van der Waals surface area contributed by atoms with E-state index in [9.17, 15) is 0 Å². The molecule has 1 atom stereocenters. The summed E-state index contributed by atoms with van der Waals surface area (Å²) in [6, 6.07) is 0. The lowest BCUT2D eigenvalue weighted by Gasteiger charge is -2.15. The van der Waals surface area contributed by atoms with E-state index >= 15 is 0 Å². The maximum absolute atomic E-state index is 3.11. The molecule has 1 rings (SSSR count). The number of allylic oxidation sites excluding steroid dienone is 4. The predicted octanol–water partition coefficient (Wildman–Crippen LogP) is 2.58. The van der Waals surface area contributed by atoms with Gasteiger partial charge in [0.15, 0.2) is 0 Å². The molecule has 1 radical (unpaired) electrons. The molecule has 0 aromatic rings. The molecule has 0 aliphatic heterocycles. The molecule has 9 heavy (non-hydrogen) atoms. The Morgan fingerprint density at radius 2 is 2.33 bits per heavy atom. The summed E-state index contributed by atoms with van der Waals surface area (Å²) >= 11 is 0. The summed E-state index contributed by atoms with van der Waals surface area (Å²) in [7, 11) is 0. The van der Waals surface area contributed by atoms with Crippen molar-refractivity contribution in [3.8, 4) is 0 Å². The Bertz CT molecular complexity index is 129. The van der Waals surface area contributed by atoms with Crippen molar-refractivity contribution in [3.05, 3.63) is 24.3 Å². The third-order valence-electron chi connectivity index (χ3n) is 1.79. The van der Waals surface area contributed by atoms with E-state index in [1.54, 1.807) is 0 Å². The summed E-state index contributed by atoms with van der Waals surface area (Å²) in [4.78, 5) is 0. The first-order chi connectivity index (χ1) is 4.30. The molecular formula is C9H13. The van der Waals surface area contributed by atoms with E-state index < -0.39 is 0 Å². The topological polar surface area (TPSA) is 0 Å². The molecule has 0 bridgehead atoms. The molecule has 0 aromatic heterocycles. The van der Waals surface area contributed by atoms with E-state index in [1.165, 1.54) is 6.42 Å². The Morgan fingerprint density at radius 1 is 1.56 bits per heavy atom. The number of rotatable bonds is 1. The molecule has 0 aromatic carbocycles. The summed E-state index contributed by atoms with van der Waals surface area (Å²) in [6.45, 7) is 4.50. The van der Waals surface area contributed by atoms with Gasteiger partial charge < -0.3 is 0 Å². The molecule has 1 aliphatic rings. The maximum Gasteiger partial charge on any atom is -0.0166 e. The van der Waals surface area contributed by atoms with Crippen LogP contribution in [0.3, 0.4) is 0 Å². The second kappa shape index (κ2) is 2.86. The van der Waals surface area contributed by atoms with Gasteiger partial charge in [0.05, 0.1) is 0 Å². The smallest absolute Gasteiger partial charge is 0.0166 e. The first kappa shape index (κ1) is 6.60. The molecule has 1 aliphatic carbocycles. The summed E-state index contributed by atoms with van der Waals surface area (Å²) in [5.41, 5.74) is 0. The SMILES string of the molecule is CC(C)C1C=[C]C=CC1. The molecule has 0 nitrogen and oxygen atoms in total.